The lowest BCUT2D eigenvalue weighted by Gasteiger charge is -2.29. The molecule has 148 valence electrons. The molecule has 0 amide bonds. The third-order valence-corrected chi connectivity index (χ3v) is 7.32. The Hall–Kier alpha value is -2.97. The molecule has 0 fully saturated rings. The number of rotatable bonds is 4. The molecular weight excluding hydrogens is 411 g/mol. The number of fused-ring (bicyclic) bond motifs is 1. The smallest absolute Gasteiger partial charge is 0.270 e. The molecule has 3 aromatic rings. The van der Waals surface area contributed by atoms with Crippen LogP contribution in [-0.4, -0.2) is 14.2 Å². The molecule has 0 saturated carbocycles. The molecule has 0 atom stereocenters. The van der Waals surface area contributed by atoms with Gasteiger partial charge in [-0.05, 0) is 47.7 Å². The zero-order chi connectivity index (χ0) is 20.6. The number of hydrogen-bond acceptors (Lipinski definition) is 5. The van der Waals surface area contributed by atoms with Crippen molar-refractivity contribution in [3.63, 3.8) is 0 Å². The summed E-state index contributed by atoms with van der Waals surface area (Å²) in [5, 5.41) is 4.64. The van der Waals surface area contributed by atoms with Crippen molar-refractivity contribution in [1.29, 1.82) is 0 Å². The number of carbonyl (C=O) groups excluding carboxylic acids is 1. The summed E-state index contributed by atoms with van der Waals surface area (Å²) < 4.78 is 41.0. The Morgan fingerprint density at radius 3 is 2.55 bits per heavy atom. The summed E-state index contributed by atoms with van der Waals surface area (Å²) in [7, 11) is -4.09. The molecule has 5 nitrogen and oxygen atoms in total. The van der Waals surface area contributed by atoms with E-state index in [4.69, 9.17) is 0 Å². The molecule has 0 unspecified atom stereocenters. The molecule has 0 spiro atoms. The van der Waals surface area contributed by atoms with Crippen molar-refractivity contribution in [2.24, 2.45) is 0 Å². The fourth-order valence-electron chi connectivity index (χ4n) is 3.09. The number of nitrogens with zero attached hydrogens (tertiary/aromatic N) is 1. The number of carbonyl (C=O) groups is 1. The number of aryl methyl sites for hydroxylation is 1. The van der Waals surface area contributed by atoms with E-state index in [1.165, 1.54) is 46.1 Å². The first-order chi connectivity index (χ1) is 13.9. The molecule has 29 heavy (non-hydrogen) atoms. The predicted molar refractivity (Wildman–Crippen MR) is 113 cm³/mol. The molecule has 8 heteroatoms. The molecule has 0 radical (unpaired) electrons. The zero-order valence-electron chi connectivity index (χ0n) is 15.4. The van der Waals surface area contributed by atoms with Gasteiger partial charge in [0.25, 0.3) is 10.0 Å². The van der Waals surface area contributed by atoms with Crippen LogP contribution in [0.4, 0.5) is 15.8 Å². The Morgan fingerprint density at radius 1 is 1.10 bits per heavy atom. The number of anilines is 2. The average molecular weight is 429 g/mol. The van der Waals surface area contributed by atoms with E-state index >= 15 is 0 Å². The van der Waals surface area contributed by atoms with E-state index in [1.54, 1.807) is 17.5 Å². The van der Waals surface area contributed by atoms with Crippen molar-refractivity contribution < 1.29 is 17.6 Å². The third-order valence-electron chi connectivity index (χ3n) is 4.65. The predicted octanol–water partition coefficient (Wildman–Crippen LogP) is 4.68. The number of nitrogens with one attached hydrogen (secondary N) is 1. The summed E-state index contributed by atoms with van der Waals surface area (Å²) in [6, 6.07) is 14.6. The summed E-state index contributed by atoms with van der Waals surface area (Å²) in [5.41, 5.74) is 2.60. The lowest BCUT2D eigenvalue weighted by molar-refractivity contribution is 0.104. The van der Waals surface area contributed by atoms with Crippen LogP contribution in [0.15, 0.2) is 71.1 Å². The standard InChI is InChI=1S/C21H17FN2O3S2/c1-14-4-2-3-5-17(14)23-12-19-20(25)21-18(10-11-28-21)24(29(19,26)27)13-15-6-8-16(22)9-7-15/h2-12,23H,13H2,1H3. The number of thiophene rings is 1. The monoisotopic (exact) mass is 428 g/mol. The molecule has 1 aliphatic heterocycles. The van der Waals surface area contributed by atoms with Gasteiger partial charge < -0.3 is 5.32 Å². The molecule has 2 heterocycles. The Bertz CT molecular complexity index is 1210. The fraction of sp³-hybridized carbons (Fsp3) is 0.0952. The van der Waals surface area contributed by atoms with Crippen LogP contribution in [0, 0.1) is 12.7 Å². The first kappa shape index (κ1) is 19.4. The summed E-state index contributed by atoms with van der Waals surface area (Å²) in [6.07, 6.45) is 1.25. The molecule has 0 aliphatic carbocycles. The second-order valence-electron chi connectivity index (χ2n) is 6.57. The minimum absolute atomic E-state index is 0.00132. The summed E-state index contributed by atoms with van der Waals surface area (Å²) in [5.74, 6) is -0.934. The van der Waals surface area contributed by atoms with Crippen molar-refractivity contribution >= 4 is 38.5 Å². The van der Waals surface area contributed by atoms with Gasteiger partial charge in [0.1, 0.15) is 10.7 Å². The van der Waals surface area contributed by atoms with Crippen molar-refractivity contribution in [3.05, 3.63) is 92.9 Å². The number of para-hydroxylation sites is 1. The van der Waals surface area contributed by atoms with Crippen molar-refractivity contribution in [2.45, 2.75) is 13.5 Å². The molecule has 1 aromatic heterocycles. The minimum Gasteiger partial charge on any atom is -0.360 e. The maximum absolute atomic E-state index is 13.3. The van der Waals surface area contributed by atoms with Crippen LogP contribution in [0.5, 0.6) is 0 Å². The number of sulfonamides is 1. The molecule has 0 saturated heterocycles. The molecule has 4 rings (SSSR count). The lowest BCUT2D eigenvalue weighted by atomic mass is 10.2. The highest BCUT2D eigenvalue weighted by molar-refractivity contribution is 7.97. The number of benzene rings is 2. The summed E-state index contributed by atoms with van der Waals surface area (Å²) in [4.78, 5) is 12.9. The molecule has 1 N–H and O–H groups in total. The van der Waals surface area contributed by atoms with Crippen LogP contribution in [0.2, 0.25) is 0 Å². The topological polar surface area (TPSA) is 66.5 Å². The van der Waals surface area contributed by atoms with Gasteiger partial charge in [0.05, 0.1) is 12.2 Å². The van der Waals surface area contributed by atoms with Gasteiger partial charge in [0.2, 0.25) is 5.78 Å². The van der Waals surface area contributed by atoms with Crippen LogP contribution in [0.25, 0.3) is 0 Å². The van der Waals surface area contributed by atoms with Crippen LogP contribution in [-0.2, 0) is 16.6 Å². The molecule has 0 bridgehead atoms. The van der Waals surface area contributed by atoms with Crippen molar-refractivity contribution in [3.8, 4) is 0 Å². The SMILES string of the molecule is Cc1ccccc1NC=C1C(=O)c2sccc2N(Cc2ccc(F)cc2)S1(=O)=O. The van der Waals surface area contributed by atoms with E-state index < -0.39 is 21.6 Å². The second kappa shape index (κ2) is 7.46. The van der Waals surface area contributed by atoms with Gasteiger partial charge >= 0.3 is 0 Å². The average Bonchev–Trinajstić information content (AvgIpc) is 3.17. The van der Waals surface area contributed by atoms with Crippen molar-refractivity contribution in [2.75, 3.05) is 9.62 Å². The van der Waals surface area contributed by atoms with E-state index in [2.05, 4.69) is 5.32 Å². The number of allylic oxidation sites excluding steroid dienone is 1. The highest BCUT2D eigenvalue weighted by Gasteiger charge is 2.41. The molecular formula is C21H17FN2O3S2. The number of hydrogen-bond donors (Lipinski definition) is 1. The maximum atomic E-state index is 13.3. The number of ketones is 1. The second-order valence-corrected chi connectivity index (χ2v) is 9.32. The van der Waals surface area contributed by atoms with Gasteiger partial charge in [0.15, 0.2) is 4.91 Å². The van der Waals surface area contributed by atoms with E-state index in [0.717, 1.165) is 5.56 Å². The zero-order valence-corrected chi connectivity index (χ0v) is 17.1. The van der Waals surface area contributed by atoms with E-state index in [1.807, 2.05) is 25.1 Å². The largest absolute Gasteiger partial charge is 0.360 e. The maximum Gasteiger partial charge on any atom is 0.270 e. The van der Waals surface area contributed by atoms with Gasteiger partial charge in [-0.2, -0.15) is 0 Å². The minimum atomic E-state index is -4.09. The van der Waals surface area contributed by atoms with Gasteiger partial charge in [-0.15, -0.1) is 11.3 Å². The fourth-order valence-corrected chi connectivity index (χ4v) is 5.57. The first-order valence-corrected chi connectivity index (χ1v) is 11.1. The highest BCUT2D eigenvalue weighted by Crippen LogP contribution is 2.39. The number of halogens is 1. The van der Waals surface area contributed by atoms with Gasteiger partial charge in [-0.1, -0.05) is 30.3 Å². The Kier molecular flexibility index (Phi) is 4.97. The Morgan fingerprint density at radius 2 is 1.83 bits per heavy atom. The quantitative estimate of drug-likeness (QED) is 0.613. The van der Waals surface area contributed by atoms with E-state index in [0.29, 0.717) is 21.8 Å². The van der Waals surface area contributed by atoms with Crippen LogP contribution in [0.1, 0.15) is 20.8 Å². The summed E-state index contributed by atoms with van der Waals surface area (Å²) >= 11 is 1.20. The third kappa shape index (κ3) is 3.56. The van der Waals surface area contributed by atoms with Crippen LogP contribution in [0.3, 0.4) is 0 Å². The Labute approximate surface area is 172 Å². The van der Waals surface area contributed by atoms with Gasteiger partial charge in [-0.25, -0.2) is 12.8 Å². The van der Waals surface area contributed by atoms with Crippen LogP contribution < -0.4 is 9.62 Å². The first-order valence-electron chi connectivity index (χ1n) is 8.79. The highest BCUT2D eigenvalue weighted by atomic mass is 32.2. The lowest BCUT2D eigenvalue weighted by Crippen LogP contribution is -2.38. The van der Waals surface area contributed by atoms with E-state index in [-0.39, 0.29) is 11.4 Å². The van der Waals surface area contributed by atoms with Gasteiger partial charge in [-0.3, -0.25) is 9.10 Å². The number of Topliss-reactive ketones (excluding diaryl/α,β-unsaturated/α-hetero) is 1. The summed E-state index contributed by atoms with van der Waals surface area (Å²) in [6.45, 7) is 1.89. The van der Waals surface area contributed by atoms with Gasteiger partial charge in [0, 0.05) is 11.9 Å². The van der Waals surface area contributed by atoms with Crippen molar-refractivity contribution in [1.82, 2.24) is 0 Å². The Balaban J connectivity index is 1.75. The van der Waals surface area contributed by atoms with E-state index in [9.17, 15) is 17.6 Å². The van der Waals surface area contributed by atoms with Crippen LogP contribution >= 0.6 is 11.3 Å². The molecule has 2 aromatic carbocycles. The molecule has 1 aliphatic rings. The normalized spacial score (nSPS) is 16.7.